The standard InChI is InChI=1S/C19H17FN4O2/c1-10-9-21-4-3-13(10)11-5-12-7-17(22-19(25)14-8-15(14)20)23-24-18(12)16(6-11)26-2/h3-7,9,14-15H,8H2,1-2H3,(H,22,23,25). The lowest BCUT2D eigenvalue weighted by Crippen LogP contribution is -2.16. The Balaban J connectivity index is 1.76. The number of amides is 1. The van der Waals surface area contributed by atoms with Gasteiger partial charge in [0.25, 0.3) is 0 Å². The summed E-state index contributed by atoms with van der Waals surface area (Å²) in [6.07, 6.45) is 2.75. The SMILES string of the molecule is COc1cc(-c2ccncc2C)cc2cc(NC(=O)C3CC3F)nnc12. The summed E-state index contributed by atoms with van der Waals surface area (Å²) in [5.41, 5.74) is 3.61. The average molecular weight is 352 g/mol. The van der Waals surface area contributed by atoms with Crippen molar-refractivity contribution in [1.29, 1.82) is 0 Å². The van der Waals surface area contributed by atoms with Crippen LogP contribution < -0.4 is 10.1 Å². The third kappa shape index (κ3) is 2.96. The number of aromatic nitrogens is 3. The van der Waals surface area contributed by atoms with Crippen LogP contribution in [0.15, 0.2) is 36.7 Å². The Hall–Kier alpha value is -3.09. The molecular weight excluding hydrogens is 335 g/mol. The van der Waals surface area contributed by atoms with Crippen molar-refractivity contribution in [3.05, 3.63) is 42.2 Å². The van der Waals surface area contributed by atoms with Crippen molar-refractivity contribution < 1.29 is 13.9 Å². The number of fused-ring (bicyclic) bond motifs is 1. The van der Waals surface area contributed by atoms with Gasteiger partial charge in [-0.15, -0.1) is 10.2 Å². The van der Waals surface area contributed by atoms with Gasteiger partial charge in [-0.2, -0.15) is 0 Å². The smallest absolute Gasteiger partial charge is 0.231 e. The first-order valence-electron chi connectivity index (χ1n) is 8.28. The molecule has 1 amide bonds. The van der Waals surface area contributed by atoms with Gasteiger partial charge in [-0.05, 0) is 54.3 Å². The number of benzene rings is 1. The molecule has 2 atom stereocenters. The number of pyridine rings is 1. The molecule has 2 heterocycles. The zero-order valence-electron chi connectivity index (χ0n) is 14.4. The lowest BCUT2D eigenvalue weighted by Gasteiger charge is -2.11. The van der Waals surface area contributed by atoms with Gasteiger partial charge < -0.3 is 10.1 Å². The number of nitrogens with one attached hydrogen (secondary N) is 1. The van der Waals surface area contributed by atoms with Gasteiger partial charge in [0.2, 0.25) is 5.91 Å². The highest BCUT2D eigenvalue weighted by Gasteiger charge is 2.43. The summed E-state index contributed by atoms with van der Waals surface area (Å²) in [5, 5.41) is 11.6. The highest BCUT2D eigenvalue weighted by atomic mass is 19.1. The van der Waals surface area contributed by atoms with E-state index < -0.39 is 12.1 Å². The molecule has 2 aromatic heterocycles. The van der Waals surface area contributed by atoms with Gasteiger partial charge in [0.15, 0.2) is 5.82 Å². The topological polar surface area (TPSA) is 77.0 Å². The number of halogens is 1. The predicted octanol–water partition coefficient (Wildman–Crippen LogP) is 3.31. The van der Waals surface area contributed by atoms with Gasteiger partial charge >= 0.3 is 0 Å². The minimum atomic E-state index is -1.05. The fourth-order valence-electron chi connectivity index (χ4n) is 2.95. The van der Waals surface area contributed by atoms with Gasteiger partial charge in [0.05, 0.1) is 13.0 Å². The summed E-state index contributed by atoms with van der Waals surface area (Å²) >= 11 is 0. The van der Waals surface area contributed by atoms with Gasteiger partial charge in [-0.1, -0.05) is 0 Å². The van der Waals surface area contributed by atoms with Crippen LogP contribution in [0, 0.1) is 12.8 Å². The Morgan fingerprint density at radius 2 is 2.12 bits per heavy atom. The number of nitrogens with zero attached hydrogens (tertiary/aromatic N) is 3. The van der Waals surface area contributed by atoms with Crippen molar-refractivity contribution in [2.75, 3.05) is 12.4 Å². The van der Waals surface area contributed by atoms with Crippen molar-refractivity contribution >= 4 is 22.6 Å². The van der Waals surface area contributed by atoms with Crippen molar-refractivity contribution in [1.82, 2.24) is 15.2 Å². The van der Waals surface area contributed by atoms with Gasteiger partial charge in [0, 0.05) is 17.8 Å². The van der Waals surface area contributed by atoms with E-state index in [0.29, 0.717) is 17.1 Å². The first-order valence-corrected chi connectivity index (χ1v) is 8.28. The minimum absolute atomic E-state index is 0.270. The van der Waals surface area contributed by atoms with Crippen LogP contribution in [0.5, 0.6) is 5.75 Å². The molecule has 0 aliphatic heterocycles. The zero-order chi connectivity index (χ0) is 18.3. The van der Waals surface area contributed by atoms with Crippen molar-refractivity contribution in [3.63, 3.8) is 0 Å². The molecule has 26 heavy (non-hydrogen) atoms. The second-order valence-electron chi connectivity index (χ2n) is 6.38. The minimum Gasteiger partial charge on any atom is -0.494 e. The molecule has 1 aliphatic rings. The normalized spacial score (nSPS) is 18.6. The van der Waals surface area contributed by atoms with Crippen molar-refractivity contribution in [2.45, 2.75) is 19.5 Å². The summed E-state index contributed by atoms with van der Waals surface area (Å²) in [5.74, 6) is -0.0514. The highest BCUT2D eigenvalue weighted by molar-refractivity contribution is 5.97. The molecule has 3 aromatic rings. The number of carbonyl (C=O) groups is 1. The van der Waals surface area contributed by atoms with Gasteiger partial charge in [0.1, 0.15) is 17.4 Å². The summed E-state index contributed by atoms with van der Waals surface area (Å²) in [6.45, 7) is 1.98. The van der Waals surface area contributed by atoms with Crippen LogP contribution in [0.1, 0.15) is 12.0 Å². The molecule has 4 rings (SSSR count). The second-order valence-corrected chi connectivity index (χ2v) is 6.38. The number of anilines is 1. The maximum atomic E-state index is 13.0. The van der Waals surface area contributed by atoms with Gasteiger partial charge in [-0.3, -0.25) is 9.78 Å². The van der Waals surface area contributed by atoms with Crippen LogP contribution in [0.2, 0.25) is 0 Å². The van der Waals surface area contributed by atoms with Crippen molar-refractivity contribution in [3.8, 4) is 16.9 Å². The third-order valence-corrected chi connectivity index (χ3v) is 4.51. The molecule has 2 unspecified atom stereocenters. The van der Waals surface area contributed by atoms with Crippen LogP contribution in [0.4, 0.5) is 10.2 Å². The Kier molecular flexibility index (Phi) is 3.99. The first kappa shape index (κ1) is 16.4. The summed E-state index contributed by atoms with van der Waals surface area (Å²) in [6, 6.07) is 7.51. The fraction of sp³-hybridized carbons (Fsp3) is 0.263. The van der Waals surface area contributed by atoms with Crippen LogP contribution >= 0.6 is 0 Å². The largest absolute Gasteiger partial charge is 0.494 e. The lowest BCUT2D eigenvalue weighted by molar-refractivity contribution is -0.117. The van der Waals surface area contributed by atoms with Crippen LogP contribution in [0.25, 0.3) is 22.0 Å². The molecule has 7 heteroatoms. The number of carbonyl (C=O) groups excluding carboxylic acids is 1. The van der Waals surface area contributed by atoms with E-state index in [1.165, 1.54) is 0 Å². The Morgan fingerprint density at radius 3 is 2.81 bits per heavy atom. The molecule has 0 radical (unpaired) electrons. The van der Waals surface area contributed by atoms with E-state index in [2.05, 4.69) is 20.5 Å². The molecule has 132 valence electrons. The number of aryl methyl sites for hydroxylation is 1. The Morgan fingerprint density at radius 1 is 1.31 bits per heavy atom. The number of rotatable bonds is 4. The molecule has 0 bridgehead atoms. The van der Waals surface area contributed by atoms with Crippen LogP contribution in [0.3, 0.4) is 0 Å². The molecule has 1 N–H and O–H groups in total. The molecule has 6 nitrogen and oxygen atoms in total. The van der Waals surface area contributed by atoms with Crippen LogP contribution in [-0.2, 0) is 4.79 Å². The Bertz CT molecular complexity index is 1010. The maximum Gasteiger partial charge on any atom is 0.231 e. The first-order chi connectivity index (χ1) is 12.6. The summed E-state index contributed by atoms with van der Waals surface area (Å²) in [7, 11) is 1.57. The summed E-state index contributed by atoms with van der Waals surface area (Å²) in [4.78, 5) is 16.0. The van der Waals surface area contributed by atoms with E-state index in [1.807, 2.05) is 25.1 Å². The molecule has 0 spiro atoms. The van der Waals surface area contributed by atoms with Gasteiger partial charge in [-0.25, -0.2) is 4.39 Å². The number of hydrogen-bond donors (Lipinski definition) is 1. The maximum absolute atomic E-state index is 13.0. The summed E-state index contributed by atoms with van der Waals surface area (Å²) < 4.78 is 18.5. The number of hydrogen-bond acceptors (Lipinski definition) is 5. The van der Waals surface area contributed by atoms with Crippen molar-refractivity contribution in [2.24, 2.45) is 5.92 Å². The van der Waals surface area contributed by atoms with E-state index in [-0.39, 0.29) is 12.3 Å². The molecule has 1 aliphatic carbocycles. The number of ether oxygens (including phenoxy) is 1. The molecule has 1 saturated carbocycles. The van der Waals surface area contributed by atoms with E-state index in [4.69, 9.17) is 4.74 Å². The Labute approximate surface area is 149 Å². The fourth-order valence-corrected chi connectivity index (χ4v) is 2.95. The molecule has 1 aromatic carbocycles. The highest BCUT2D eigenvalue weighted by Crippen LogP contribution is 2.35. The predicted molar refractivity (Wildman–Crippen MR) is 95.7 cm³/mol. The monoisotopic (exact) mass is 352 g/mol. The lowest BCUT2D eigenvalue weighted by atomic mass is 10.0. The molecular formula is C19H17FN4O2. The number of methoxy groups -OCH3 is 1. The second kappa shape index (κ2) is 6.33. The zero-order valence-corrected chi connectivity index (χ0v) is 14.4. The van der Waals surface area contributed by atoms with E-state index in [1.54, 1.807) is 25.6 Å². The average Bonchev–Trinajstić information content (AvgIpc) is 3.38. The van der Waals surface area contributed by atoms with E-state index in [9.17, 15) is 9.18 Å². The molecule has 0 saturated heterocycles. The molecule has 1 fully saturated rings. The van der Waals surface area contributed by atoms with E-state index >= 15 is 0 Å². The van der Waals surface area contributed by atoms with E-state index in [0.717, 1.165) is 22.1 Å². The third-order valence-electron chi connectivity index (χ3n) is 4.51. The number of alkyl halides is 1. The van der Waals surface area contributed by atoms with Crippen LogP contribution in [-0.4, -0.2) is 34.4 Å². The quantitative estimate of drug-likeness (QED) is 0.779.